The molecule has 2 heterocycles. The van der Waals surface area contributed by atoms with E-state index in [0.717, 1.165) is 13.1 Å². The molecule has 108 valence electrons. The van der Waals surface area contributed by atoms with Gasteiger partial charge in [-0.2, -0.15) is 23.3 Å². The van der Waals surface area contributed by atoms with Gasteiger partial charge in [0.05, 0.1) is 11.6 Å². The Morgan fingerprint density at radius 3 is 2.70 bits per heavy atom. The molecule has 20 heavy (non-hydrogen) atoms. The summed E-state index contributed by atoms with van der Waals surface area (Å²) in [5.74, 6) is -1.77. The Kier molecular flexibility index (Phi) is 3.55. The first-order chi connectivity index (χ1) is 9.21. The number of hydrogen-bond donors (Lipinski definition) is 1. The van der Waals surface area contributed by atoms with E-state index >= 15 is 0 Å². The minimum atomic E-state index is -4.67. The van der Waals surface area contributed by atoms with Gasteiger partial charge in [-0.15, -0.1) is 0 Å². The third-order valence-electron chi connectivity index (χ3n) is 2.44. The summed E-state index contributed by atoms with van der Waals surface area (Å²) in [7, 11) is 0. The van der Waals surface area contributed by atoms with E-state index in [2.05, 4.69) is 14.8 Å². The fourth-order valence-corrected chi connectivity index (χ4v) is 1.58. The van der Waals surface area contributed by atoms with Crippen LogP contribution in [0, 0.1) is 5.82 Å². The number of pyridine rings is 1. The molecule has 10 heteroatoms. The van der Waals surface area contributed by atoms with Gasteiger partial charge >= 0.3 is 6.18 Å². The van der Waals surface area contributed by atoms with Crippen molar-refractivity contribution in [2.75, 3.05) is 0 Å². The highest BCUT2D eigenvalue weighted by Gasteiger charge is 2.39. The normalized spacial score (nSPS) is 13.5. The van der Waals surface area contributed by atoms with E-state index in [9.17, 15) is 22.4 Å². The molecule has 0 spiro atoms. The monoisotopic (exact) mass is 311 g/mol. The second kappa shape index (κ2) is 4.89. The van der Waals surface area contributed by atoms with Crippen molar-refractivity contribution in [3.05, 3.63) is 27.5 Å². The molecule has 0 fully saturated rings. The number of ether oxygens (including phenoxy) is 1. The number of nitrogens with one attached hydrogen (secondary N) is 1. The second-order valence-electron chi connectivity index (χ2n) is 3.81. The number of alkyl halides is 3. The number of hydrogen-bond acceptors (Lipinski definition) is 4. The fraction of sp³-hybridized carbons (Fsp3) is 0.300. The zero-order valence-corrected chi connectivity index (χ0v) is 10.5. The molecule has 0 aromatic carbocycles. The molecule has 2 rings (SSSR count). The van der Waals surface area contributed by atoms with Gasteiger partial charge in [0.2, 0.25) is 5.88 Å². The molecular formula is C10H6ClF4N3O2. The van der Waals surface area contributed by atoms with E-state index < -0.39 is 40.1 Å². The molecule has 0 aliphatic heterocycles. The van der Waals surface area contributed by atoms with E-state index in [1.807, 2.05) is 5.10 Å². The van der Waals surface area contributed by atoms with Gasteiger partial charge in [0.25, 0.3) is 5.56 Å². The molecule has 1 unspecified atom stereocenters. The van der Waals surface area contributed by atoms with Gasteiger partial charge in [-0.3, -0.25) is 4.79 Å². The minimum absolute atomic E-state index is 0.377. The van der Waals surface area contributed by atoms with Crippen molar-refractivity contribution < 1.29 is 22.3 Å². The summed E-state index contributed by atoms with van der Waals surface area (Å²) in [6.45, 7) is 0.722. The van der Waals surface area contributed by atoms with Gasteiger partial charge in [-0.25, -0.2) is 9.49 Å². The molecular weight excluding hydrogens is 306 g/mol. The van der Waals surface area contributed by atoms with Crippen molar-refractivity contribution in [1.82, 2.24) is 15.2 Å². The number of H-pyrrole nitrogens is 1. The van der Waals surface area contributed by atoms with E-state index in [1.165, 1.54) is 0 Å². The van der Waals surface area contributed by atoms with Gasteiger partial charge in [-0.1, -0.05) is 11.6 Å². The van der Waals surface area contributed by atoms with E-state index in [1.54, 1.807) is 0 Å². The molecule has 2 aromatic heterocycles. The van der Waals surface area contributed by atoms with E-state index in [-0.39, 0.29) is 5.39 Å². The topological polar surface area (TPSA) is 67.9 Å². The molecule has 0 bridgehead atoms. The molecule has 0 aliphatic carbocycles. The van der Waals surface area contributed by atoms with Crippen LogP contribution in [0.3, 0.4) is 0 Å². The van der Waals surface area contributed by atoms with Crippen molar-refractivity contribution in [2.45, 2.75) is 19.2 Å². The van der Waals surface area contributed by atoms with Gasteiger partial charge in [0.1, 0.15) is 5.39 Å². The van der Waals surface area contributed by atoms with Crippen LogP contribution in [-0.4, -0.2) is 27.5 Å². The van der Waals surface area contributed by atoms with Crippen LogP contribution in [0.5, 0.6) is 5.88 Å². The Balaban J connectivity index is 2.65. The summed E-state index contributed by atoms with van der Waals surface area (Å²) in [6, 6.07) is 0. The van der Waals surface area contributed by atoms with Crippen molar-refractivity contribution >= 4 is 22.4 Å². The zero-order valence-electron chi connectivity index (χ0n) is 9.76. The Hall–Kier alpha value is -1.90. The molecule has 0 saturated heterocycles. The Bertz CT molecular complexity index is 716. The van der Waals surface area contributed by atoms with Crippen LogP contribution in [0.1, 0.15) is 6.92 Å². The first-order valence-electron chi connectivity index (χ1n) is 5.17. The first-order valence-corrected chi connectivity index (χ1v) is 5.55. The summed E-state index contributed by atoms with van der Waals surface area (Å²) in [5, 5.41) is 3.72. The largest absolute Gasteiger partial charge is 0.464 e. The number of aromatic amines is 1. The highest BCUT2D eigenvalue weighted by Crippen LogP contribution is 2.30. The number of aromatic nitrogens is 3. The summed E-state index contributed by atoms with van der Waals surface area (Å²) in [5.41, 5.74) is -0.935. The number of nitrogens with zero attached hydrogens (tertiary/aromatic N) is 2. The van der Waals surface area contributed by atoms with Crippen molar-refractivity contribution in [2.24, 2.45) is 0 Å². The van der Waals surface area contributed by atoms with E-state index in [4.69, 9.17) is 11.6 Å². The lowest BCUT2D eigenvalue weighted by Gasteiger charge is -2.17. The highest BCUT2D eigenvalue weighted by molar-refractivity contribution is 6.30. The fourth-order valence-electron chi connectivity index (χ4n) is 1.40. The number of fused-ring (bicyclic) bond motifs is 1. The maximum absolute atomic E-state index is 13.7. The van der Waals surface area contributed by atoms with Gasteiger partial charge in [0, 0.05) is 0 Å². The second-order valence-corrected chi connectivity index (χ2v) is 4.17. The summed E-state index contributed by atoms with van der Waals surface area (Å²) in [6.07, 6.45) is -6.01. The van der Waals surface area contributed by atoms with Crippen molar-refractivity contribution in [3.8, 4) is 5.88 Å². The summed E-state index contributed by atoms with van der Waals surface area (Å²) < 4.78 is 55.6. The van der Waals surface area contributed by atoms with Crippen LogP contribution < -0.4 is 10.3 Å². The molecule has 1 atom stereocenters. The smallest absolute Gasteiger partial charge is 0.425 e. The van der Waals surface area contributed by atoms with Crippen LogP contribution in [0.4, 0.5) is 17.6 Å². The maximum Gasteiger partial charge on any atom is 0.425 e. The van der Waals surface area contributed by atoms with Crippen LogP contribution >= 0.6 is 11.6 Å². The van der Waals surface area contributed by atoms with Gasteiger partial charge in [-0.05, 0) is 6.92 Å². The lowest BCUT2D eigenvalue weighted by molar-refractivity contribution is -0.189. The zero-order chi connectivity index (χ0) is 15.1. The average molecular weight is 312 g/mol. The number of rotatable bonds is 2. The molecule has 0 amide bonds. The third-order valence-corrected chi connectivity index (χ3v) is 2.69. The molecule has 0 radical (unpaired) electrons. The van der Waals surface area contributed by atoms with Gasteiger partial charge in [0.15, 0.2) is 17.1 Å². The van der Waals surface area contributed by atoms with Crippen molar-refractivity contribution in [1.29, 1.82) is 0 Å². The first kappa shape index (κ1) is 14.5. The van der Waals surface area contributed by atoms with Crippen molar-refractivity contribution in [3.63, 3.8) is 0 Å². The Morgan fingerprint density at radius 2 is 2.10 bits per heavy atom. The summed E-state index contributed by atoms with van der Waals surface area (Å²) >= 11 is 5.46. The molecule has 0 aliphatic rings. The highest BCUT2D eigenvalue weighted by atomic mass is 35.5. The third kappa shape index (κ3) is 2.53. The molecule has 5 nitrogen and oxygen atoms in total. The lowest BCUT2D eigenvalue weighted by atomic mass is 10.2. The lowest BCUT2D eigenvalue weighted by Crippen LogP contribution is -2.32. The number of halogens is 5. The predicted octanol–water partition coefficient (Wildman–Crippen LogP) is 2.44. The quantitative estimate of drug-likeness (QED) is 0.683. The summed E-state index contributed by atoms with van der Waals surface area (Å²) in [4.78, 5) is 14.9. The maximum atomic E-state index is 13.7. The Labute approximate surface area is 113 Å². The average Bonchev–Trinajstić information content (AvgIpc) is 2.34. The van der Waals surface area contributed by atoms with Gasteiger partial charge < -0.3 is 4.74 Å². The van der Waals surface area contributed by atoms with Crippen LogP contribution in [-0.2, 0) is 0 Å². The molecule has 2 aromatic rings. The molecule has 1 N–H and O–H groups in total. The van der Waals surface area contributed by atoms with Crippen LogP contribution in [0.15, 0.2) is 11.0 Å². The SMILES string of the molecule is CC(Oc1nc(Cl)c(F)c2cn[nH]c(=O)c12)C(F)(F)F. The minimum Gasteiger partial charge on any atom is -0.464 e. The molecule has 0 saturated carbocycles. The standard InChI is InChI=1S/C10H6ClF4N3O2/c1-3(10(13,14)15)20-9-5-4(2-16-18-8(5)19)6(12)7(11)17-9/h2-3H,1H3,(H,18,19). The predicted molar refractivity (Wildman–Crippen MR) is 61.3 cm³/mol. The van der Waals surface area contributed by atoms with Crippen LogP contribution in [0.2, 0.25) is 5.15 Å². The Morgan fingerprint density at radius 1 is 1.45 bits per heavy atom. The van der Waals surface area contributed by atoms with Crippen LogP contribution in [0.25, 0.3) is 10.8 Å². The van der Waals surface area contributed by atoms with E-state index in [0.29, 0.717) is 0 Å².